The van der Waals surface area contributed by atoms with Crippen molar-refractivity contribution in [1.82, 2.24) is 4.98 Å². The molecule has 4 aromatic carbocycles. The Morgan fingerprint density at radius 1 is 0.816 bits per heavy atom. The van der Waals surface area contributed by atoms with Gasteiger partial charge in [-0.05, 0) is 69.7 Å². The van der Waals surface area contributed by atoms with Gasteiger partial charge in [-0.1, -0.05) is 84.0 Å². The molecule has 0 aliphatic heterocycles. The second-order valence-corrected chi connectivity index (χ2v) is 16.0. The Bertz CT molecular complexity index is 2290. The van der Waals surface area contributed by atoms with E-state index in [0.29, 0.717) is 22.7 Å². The smallest absolute Gasteiger partial charge is 0.311 e. The lowest BCUT2D eigenvalue weighted by Gasteiger charge is -2.28. The summed E-state index contributed by atoms with van der Waals surface area (Å²) >= 11 is 0. The molecule has 1 aliphatic carbocycles. The first kappa shape index (κ1) is 34.0. The van der Waals surface area contributed by atoms with Gasteiger partial charge in [0.15, 0.2) is 17.3 Å². The van der Waals surface area contributed by atoms with E-state index in [0.717, 1.165) is 16.7 Å². The number of Topliss-reactive ketones (excluding diaryl/α,β-unsaturated/α-hetero) is 2. The zero-order valence-electron chi connectivity index (χ0n) is 28.1. The fourth-order valence-electron chi connectivity index (χ4n) is 6.41. The molecule has 6 rings (SSSR count). The standard InChI is InChI=1S/C39H37NO8S/c1-38(2,3)27-17-21(18-28(37(27)44)39(4,5)6)13-16-32(41)48-30-11-7-9-22-14-15-29(40-34(22)30)33-35(42)25-19-23-10-8-12-31(49(45,46)47)24(23)20-26(25)36(33)43/h7-12,14-15,17-20,33,44H,13,16H2,1-6H3,(H,45,46,47). The van der Waals surface area contributed by atoms with Gasteiger partial charge in [-0.2, -0.15) is 8.42 Å². The number of aromatic nitrogens is 1. The summed E-state index contributed by atoms with van der Waals surface area (Å²) in [6, 6.07) is 19.3. The highest BCUT2D eigenvalue weighted by Crippen LogP contribution is 2.41. The Labute approximate surface area is 284 Å². The van der Waals surface area contributed by atoms with Gasteiger partial charge in [0.2, 0.25) is 0 Å². The fraction of sp³-hybridized carbons (Fsp3) is 0.282. The Morgan fingerprint density at radius 3 is 2.02 bits per heavy atom. The number of aromatic hydroxyl groups is 1. The van der Waals surface area contributed by atoms with Crippen LogP contribution in [-0.4, -0.2) is 40.6 Å². The molecule has 9 nitrogen and oxygen atoms in total. The van der Waals surface area contributed by atoms with Crippen LogP contribution in [0.25, 0.3) is 21.7 Å². The highest BCUT2D eigenvalue weighted by molar-refractivity contribution is 7.86. The van der Waals surface area contributed by atoms with Crippen molar-refractivity contribution < 1.29 is 37.2 Å². The molecule has 0 saturated carbocycles. The lowest BCUT2D eigenvalue weighted by Crippen LogP contribution is -2.18. The van der Waals surface area contributed by atoms with E-state index in [-0.39, 0.29) is 55.9 Å². The number of esters is 1. The van der Waals surface area contributed by atoms with Crippen molar-refractivity contribution in [2.45, 2.75) is 76.0 Å². The molecule has 49 heavy (non-hydrogen) atoms. The molecule has 2 N–H and O–H groups in total. The van der Waals surface area contributed by atoms with Gasteiger partial charge in [0.05, 0.1) is 5.69 Å². The predicted molar refractivity (Wildman–Crippen MR) is 186 cm³/mol. The zero-order valence-corrected chi connectivity index (χ0v) is 28.9. The number of nitrogens with zero attached hydrogens (tertiary/aromatic N) is 1. The molecule has 0 fully saturated rings. The molecule has 10 heteroatoms. The van der Waals surface area contributed by atoms with Crippen LogP contribution in [0.4, 0.5) is 0 Å². The van der Waals surface area contributed by atoms with Crippen molar-refractivity contribution in [3.63, 3.8) is 0 Å². The van der Waals surface area contributed by atoms with E-state index >= 15 is 0 Å². The molecule has 1 heterocycles. The average Bonchev–Trinajstić information content (AvgIpc) is 3.25. The van der Waals surface area contributed by atoms with Crippen molar-refractivity contribution in [2.75, 3.05) is 0 Å². The van der Waals surface area contributed by atoms with Crippen LogP contribution >= 0.6 is 0 Å². The van der Waals surface area contributed by atoms with Crippen molar-refractivity contribution in [3.05, 3.63) is 106 Å². The van der Waals surface area contributed by atoms with E-state index in [4.69, 9.17) is 4.74 Å². The van der Waals surface area contributed by atoms with E-state index in [1.807, 2.05) is 53.7 Å². The molecule has 1 aliphatic rings. The number of carbonyl (C=O) groups is 3. The van der Waals surface area contributed by atoms with Gasteiger partial charge in [0.1, 0.15) is 22.1 Å². The van der Waals surface area contributed by atoms with E-state index in [1.54, 1.807) is 36.4 Å². The number of carbonyl (C=O) groups excluding carboxylic acids is 3. The number of ketones is 2. The van der Waals surface area contributed by atoms with Crippen LogP contribution in [0, 0.1) is 0 Å². The van der Waals surface area contributed by atoms with Crippen LogP contribution in [0.5, 0.6) is 11.5 Å². The van der Waals surface area contributed by atoms with Crippen LogP contribution in [0.15, 0.2) is 77.7 Å². The number of benzene rings is 4. The van der Waals surface area contributed by atoms with Gasteiger partial charge in [-0.25, -0.2) is 4.98 Å². The van der Waals surface area contributed by atoms with E-state index < -0.39 is 33.6 Å². The molecular weight excluding hydrogens is 642 g/mol. The molecule has 0 amide bonds. The minimum Gasteiger partial charge on any atom is -0.507 e. The Morgan fingerprint density at radius 2 is 1.41 bits per heavy atom. The molecule has 0 spiro atoms. The number of pyridine rings is 1. The van der Waals surface area contributed by atoms with Gasteiger partial charge in [0.25, 0.3) is 10.1 Å². The first-order valence-corrected chi connectivity index (χ1v) is 17.4. The largest absolute Gasteiger partial charge is 0.507 e. The van der Waals surface area contributed by atoms with E-state index in [1.165, 1.54) is 24.3 Å². The van der Waals surface area contributed by atoms with E-state index in [9.17, 15) is 32.5 Å². The highest BCUT2D eigenvalue weighted by atomic mass is 32.2. The first-order chi connectivity index (χ1) is 22.8. The third-order valence-corrected chi connectivity index (χ3v) is 9.85. The van der Waals surface area contributed by atoms with Gasteiger partial charge in [-0.15, -0.1) is 0 Å². The topological polar surface area (TPSA) is 148 Å². The average molecular weight is 680 g/mol. The predicted octanol–water partition coefficient (Wildman–Crippen LogP) is 7.64. The Hall–Kier alpha value is -4.93. The molecule has 0 radical (unpaired) electrons. The fourth-order valence-corrected chi connectivity index (χ4v) is 7.11. The third kappa shape index (κ3) is 6.34. The minimum absolute atomic E-state index is 0.0404. The molecule has 5 aromatic rings. The molecule has 0 bridgehead atoms. The number of phenolic OH excluding ortho intramolecular Hbond substituents is 1. The molecular formula is C39H37NO8S. The molecule has 1 aromatic heterocycles. The lowest BCUT2D eigenvalue weighted by molar-refractivity contribution is -0.134. The maximum atomic E-state index is 13.6. The summed E-state index contributed by atoms with van der Waals surface area (Å²) in [6.07, 6.45) is 0.438. The van der Waals surface area contributed by atoms with Crippen LogP contribution in [-0.2, 0) is 32.2 Å². The summed E-state index contributed by atoms with van der Waals surface area (Å²) in [4.78, 5) is 44.7. The van der Waals surface area contributed by atoms with Gasteiger partial charge < -0.3 is 9.84 Å². The second-order valence-electron chi connectivity index (χ2n) is 14.6. The summed E-state index contributed by atoms with van der Waals surface area (Å²) in [5.74, 6) is -2.37. The van der Waals surface area contributed by atoms with Gasteiger partial charge in [-0.3, -0.25) is 18.9 Å². The van der Waals surface area contributed by atoms with Crippen molar-refractivity contribution >= 4 is 49.3 Å². The second kappa shape index (κ2) is 11.9. The van der Waals surface area contributed by atoms with Crippen molar-refractivity contribution in [3.8, 4) is 11.5 Å². The van der Waals surface area contributed by atoms with Crippen molar-refractivity contribution in [1.29, 1.82) is 0 Å². The van der Waals surface area contributed by atoms with E-state index in [2.05, 4.69) is 4.98 Å². The maximum Gasteiger partial charge on any atom is 0.311 e. The van der Waals surface area contributed by atoms with Crippen LogP contribution in [0.1, 0.15) is 97.0 Å². The number of para-hydroxylation sites is 1. The highest BCUT2D eigenvalue weighted by Gasteiger charge is 2.41. The monoisotopic (exact) mass is 679 g/mol. The maximum absolute atomic E-state index is 13.6. The number of hydrogen-bond donors (Lipinski definition) is 2. The quantitative estimate of drug-likeness (QED) is 0.0800. The molecule has 0 saturated heterocycles. The van der Waals surface area contributed by atoms with Crippen LogP contribution in [0.3, 0.4) is 0 Å². The molecule has 1 atom stereocenters. The lowest BCUT2D eigenvalue weighted by atomic mass is 9.78. The zero-order chi connectivity index (χ0) is 35.6. The Balaban J connectivity index is 1.28. The number of rotatable bonds is 6. The van der Waals surface area contributed by atoms with Gasteiger partial charge >= 0.3 is 5.97 Å². The number of hydrogen-bond acceptors (Lipinski definition) is 8. The third-order valence-electron chi connectivity index (χ3n) is 8.94. The summed E-state index contributed by atoms with van der Waals surface area (Å²) in [7, 11) is -4.58. The Kier molecular flexibility index (Phi) is 8.24. The first-order valence-electron chi connectivity index (χ1n) is 15.9. The molecule has 1 unspecified atom stereocenters. The minimum atomic E-state index is -4.58. The van der Waals surface area contributed by atoms with Crippen LogP contribution in [0.2, 0.25) is 0 Å². The van der Waals surface area contributed by atoms with Crippen molar-refractivity contribution in [2.24, 2.45) is 0 Å². The van der Waals surface area contributed by atoms with Gasteiger partial charge in [0, 0.05) is 28.3 Å². The molecule has 252 valence electrons. The summed E-state index contributed by atoms with van der Waals surface area (Å²) in [5, 5.41) is 12.2. The van der Waals surface area contributed by atoms with Crippen LogP contribution < -0.4 is 4.74 Å². The normalized spacial score (nSPS) is 15.2. The summed E-state index contributed by atoms with van der Waals surface area (Å²) < 4.78 is 39.5. The number of fused-ring (bicyclic) bond motifs is 3. The number of aryl methyl sites for hydroxylation is 1. The number of ether oxygens (including phenoxy) is 1. The SMILES string of the molecule is CC(C)(C)c1cc(CCC(=O)Oc2cccc3ccc(C4C(=O)c5cc6cccc(S(=O)(=O)O)c6cc5C4=O)nc23)cc(C(C)(C)C)c1O. The summed E-state index contributed by atoms with van der Waals surface area (Å²) in [6.45, 7) is 12.2. The summed E-state index contributed by atoms with van der Waals surface area (Å²) in [5.41, 5.74) is 2.53. The number of phenols is 1.